The molecule has 0 spiro atoms. The Bertz CT molecular complexity index is 80.7. The normalized spacial score (nSPS) is 13.9. The van der Waals surface area contributed by atoms with Gasteiger partial charge in [0.25, 0.3) is 0 Å². The smallest absolute Gasteiger partial charge is 0.0254 e. The van der Waals surface area contributed by atoms with E-state index < -0.39 is 0 Å². The second kappa shape index (κ2) is 6.51. The van der Waals surface area contributed by atoms with Crippen molar-refractivity contribution >= 4 is 0 Å². The van der Waals surface area contributed by atoms with Gasteiger partial charge in [0.1, 0.15) is 0 Å². The first-order chi connectivity index (χ1) is 5.20. The van der Waals surface area contributed by atoms with Crippen LogP contribution in [-0.2, 0) is 4.94 Å². The molecule has 0 aromatic heterocycles. The zero-order valence-corrected chi connectivity index (χ0v) is 7.37. The Balaban J connectivity index is 3.13. The van der Waals surface area contributed by atoms with Gasteiger partial charge >= 0.3 is 0 Å². The quantitative estimate of drug-likeness (QED) is 0.441. The molecule has 0 aliphatic carbocycles. The molecule has 5 nitrogen and oxygen atoms in total. The summed E-state index contributed by atoms with van der Waals surface area (Å²) in [7, 11) is 1.55. The van der Waals surface area contributed by atoms with Gasteiger partial charge in [0.15, 0.2) is 0 Å². The van der Waals surface area contributed by atoms with Crippen molar-refractivity contribution in [3.63, 3.8) is 0 Å². The summed E-state index contributed by atoms with van der Waals surface area (Å²) in [6, 6.07) is 0. The molecule has 0 rings (SSSR count). The molecule has 0 aromatic carbocycles. The predicted molar refractivity (Wildman–Crippen MR) is 43.9 cm³/mol. The molecule has 1 unspecified atom stereocenters. The van der Waals surface area contributed by atoms with Crippen LogP contribution in [0.25, 0.3) is 5.43 Å². The Labute approximate surface area is 67.7 Å². The maximum Gasteiger partial charge on any atom is 0.0254 e. The molecule has 0 saturated carbocycles. The van der Waals surface area contributed by atoms with E-state index in [4.69, 9.17) is 10.8 Å². The average Bonchev–Trinajstić information content (AvgIpc) is 2.04. The molecule has 11 heavy (non-hydrogen) atoms. The van der Waals surface area contributed by atoms with Crippen LogP contribution >= 0.6 is 0 Å². The van der Waals surface area contributed by atoms with Crippen molar-refractivity contribution in [2.45, 2.75) is 20.3 Å². The summed E-state index contributed by atoms with van der Waals surface area (Å²) in [6.45, 7) is 5.02. The Morgan fingerprint density at radius 1 is 1.73 bits per heavy atom. The molecule has 0 aromatic rings. The number of hydroxylamine groups is 1. The summed E-state index contributed by atoms with van der Waals surface area (Å²) in [4.78, 5) is 4.76. The van der Waals surface area contributed by atoms with Gasteiger partial charge in [-0.3, -0.25) is 5.84 Å². The Morgan fingerprint density at radius 3 is 2.82 bits per heavy atom. The van der Waals surface area contributed by atoms with Crippen LogP contribution in [0.4, 0.5) is 0 Å². The minimum atomic E-state index is 0.584. The molecule has 0 bridgehead atoms. The Morgan fingerprint density at radius 2 is 2.36 bits per heavy atom. The van der Waals surface area contributed by atoms with Crippen LogP contribution in [0.15, 0.2) is 0 Å². The van der Waals surface area contributed by atoms with Gasteiger partial charge in [-0.15, -0.1) is 7.05 Å². The highest BCUT2D eigenvalue weighted by atomic mass is 16.9. The molecule has 5 heteroatoms. The molecular weight excluding hydrogens is 144 g/mol. The van der Waals surface area contributed by atoms with Crippen LogP contribution < -0.4 is 11.3 Å². The molecule has 0 fully saturated rings. The van der Waals surface area contributed by atoms with Gasteiger partial charge in [-0.2, -0.15) is 5.48 Å². The van der Waals surface area contributed by atoms with E-state index >= 15 is 0 Å². The lowest BCUT2D eigenvalue weighted by Crippen LogP contribution is -2.35. The van der Waals surface area contributed by atoms with E-state index in [9.17, 15) is 0 Å². The summed E-state index contributed by atoms with van der Waals surface area (Å²) in [5.41, 5.74) is 6.23. The largest absolute Gasteiger partial charge is 0.555 e. The standard InChI is InChI=1S/C6H17N4O/c1-4-6(2)5-9-11-10(7)8-3/h6,9H,4-5,7H2,1-3H3/q-1. The van der Waals surface area contributed by atoms with Crippen molar-refractivity contribution in [2.24, 2.45) is 11.8 Å². The van der Waals surface area contributed by atoms with Crippen LogP contribution in [0, 0.1) is 5.92 Å². The first-order valence-corrected chi connectivity index (χ1v) is 3.75. The van der Waals surface area contributed by atoms with Gasteiger partial charge in [-0.05, 0) is 5.92 Å². The lowest BCUT2D eigenvalue weighted by atomic mass is 10.1. The maximum atomic E-state index is 5.18. The number of hydrazine groups is 1. The van der Waals surface area contributed by atoms with E-state index in [0.717, 1.165) is 18.2 Å². The zero-order valence-electron chi connectivity index (χ0n) is 7.37. The van der Waals surface area contributed by atoms with E-state index in [1.807, 2.05) is 0 Å². The third-order valence-corrected chi connectivity index (χ3v) is 1.48. The average molecular weight is 161 g/mol. The SMILES string of the molecule is CCC(C)CNON(N)[N-]C. The molecule has 0 heterocycles. The van der Waals surface area contributed by atoms with Crippen LogP contribution in [0.2, 0.25) is 0 Å². The molecule has 0 radical (unpaired) electrons. The molecule has 0 aliphatic heterocycles. The van der Waals surface area contributed by atoms with Gasteiger partial charge < -0.3 is 5.43 Å². The fourth-order valence-corrected chi connectivity index (χ4v) is 0.431. The first kappa shape index (κ1) is 10.8. The van der Waals surface area contributed by atoms with Crippen molar-refractivity contribution in [1.29, 1.82) is 0 Å². The first-order valence-electron chi connectivity index (χ1n) is 3.75. The van der Waals surface area contributed by atoms with Gasteiger partial charge in [0.2, 0.25) is 0 Å². The third-order valence-electron chi connectivity index (χ3n) is 1.48. The van der Waals surface area contributed by atoms with E-state index in [-0.39, 0.29) is 0 Å². The molecule has 0 aliphatic rings. The summed E-state index contributed by atoms with van der Waals surface area (Å²) in [6.07, 6.45) is 1.12. The monoisotopic (exact) mass is 161 g/mol. The van der Waals surface area contributed by atoms with Gasteiger partial charge in [-0.1, -0.05) is 20.3 Å². The van der Waals surface area contributed by atoms with E-state index in [1.165, 1.54) is 0 Å². The minimum absolute atomic E-state index is 0.584. The van der Waals surface area contributed by atoms with Crippen molar-refractivity contribution in [3.05, 3.63) is 5.43 Å². The molecule has 3 N–H and O–H groups in total. The fourth-order valence-electron chi connectivity index (χ4n) is 0.431. The summed E-state index contributed by atoms with van der Waals surface area (Å²) in [5.74, 6) is 5.77. The fraction of sp³-hybridized carbons (Fsp3) is 1.00. The number of nitrogens with one attached hydrogen (secondary N) is 1. The number of nitrogens with zero attached hydrogens (tertiary/aromatic N) is 2. The molecule has 0 saturated heterocycles. The number of rotatable bonds is 6. The number of hydrogen-bond donors (Lipinski definition) is 2. The minimum Gasteiger partial charge on any atom is -0.555 e. The molecule has 0 amide bonds. The van der Waals surface area contributed by atoms with Crippen molar-refractivity contribution < 1.29 is 4.94 Å². The maximum absolute atomic E-state index is 5.18. The van der Waals surface area contributed by atoms with E-state index in [2.05, 4.69) is 24.8 Å². The topological polar surface area (TPSA) is 64.6 Å². The van der Waals surface area contributed by atoms with Crippen LogP contribution in [0.5, 0.6) is 0 Å². The highest BCUT2D eigenvalue weighted by Crippen LogP contribution is 1.97. The Kier molecular flexibility index (Phi) is 6.39. The Hall–Kier alpha value is -0.200. The predicted octanol–water partition coefficient (Wildman–Crippen LogP) is 0.563. The van der Waals surface area contributed by atoms with Gasteiger partial charge in [0, 0.05) is 6.54 Å². The second-order valence-electron chi connectivity index (χ2n) is 2.46. The zero-order chi connectivity index (χ0) is 8.69. The van der Waals surface area contributed by atoms with E-state index in [0.29, 0.717) is 5.92 Å². The van der Waals surface area contributed by atoms with Crippen molar-refractivity contribution in [3.8, 4) is 0 Å². The van der Waals surface area contributed by atoms with Crippen LogP contribution in [0.3, 0.4) is 0 Å². The summed E-state index contributed by atoms with van der Waals surface area (Å²) in [5, 5.41) is 0.891. The molecular formula is C6H17N4O-. The van der Waals surface area contributed by atoms with Crippen molar-refractivity contribution in [2.75, 3.05) is 13.6 Å². The molecule has 68 valence electrons. The summed E-state index contributed by atoms with van der Waals surface area (Å²) < 4.78 is 0. The second-order valence-corrected chi connectivity index (χ2v) is 2.46. The van der Waals surface area contributed by atoms with Crippen LogP contribution in [-0.4, -0.2) is 18.9 Å². The third kappa shape index (κ3) is 6.21. The lowest BCUT2D eigenvalue weighted by Gasteiger charge is -2.26. The van der Waals surface area contributed by atoms with Gasteiger partial charge in [-0.25, -0.2) is 10.2 Å². The number of hydrogen-bond acceptors (Lipinski definition) is 4. The lowest BCUT2D eigenvalue weighted by molar-refractivity contribution is -0.190. The van der Waals surface area contributed by atoms with Gasteiger partial charge in [0.05, 0.1) is 0 Å². The highest BCUT2D eigenvalue weighted by molar-refractivity contribution is 4.51. The van der Waals surface area contributed by atoms with E-state index in [1.54, 1.807) is 7.05 Å². The van der Waals surface area contributed by atoms with Crippen LogP contribution in [0.1, 0.15) is 20.3 Å². The van der Waals surface area contributed by atoms with Crippen molar-refractivity contribution in [1.82, 2.24) is 10.8 Å². The molecule has 1 atom stereocenters. The summed E-state index contributed by atoms with van der Waals surface area (Å²) >= 11 is 0. The highest BCUT2D eigenvalue weighted by Gasteiger charge is 1.96. The number of nitrogens with two attached hydrogens (primary N) is 1.